The highest BCUT2D eigenvalue weighted by molar-refractivity contribution is 7.41. The Kier molecular flexibility index (Phi) is 6.45. The molecule has 1 aliphatic rings. The minimum atomic E-state index is -1.45. The van der Waals surface area contributed by atoms with Gasteiger partial charge in [0.15, 0.2) is 0 Å². The predicted molar refractivity (Wildman–Crippen MR) is 80.9 cm³/mol. The van der Waals surface area contributed by atoms with Gasteiger partial charge in [-0.15, -0.1) is 0 Å². The predicted octanol–water partition coefficient (Wildman–Crippen LogP) is 3.20. The van der Waals surface area contributed by atoms with Gasteiger partial charge in [0.25, 0.3) is 0 Å². The summed E-state index contributed by atoms with van der Waals surface area (Å²) in [6.07, 6.45) is 5.29. The average Bonchev–Trinajstić information content (AvgIpc) is 3.08. The quantitative estimate of drug-likeness (QED) is 0.708. The van der Waals surface area contributed by atoms with Gasteiger partial charge in [-0.05, 0) is 20.3 Å². The van der Waals surface area contributed by atoms with Crippen LogP contribution in [-0.4, -0.2) is 41.5 Å². The molecule has 7 heteroatoms. The second kappa shape index (κ2) is 8.81. The van der Waals surface area contributed by atoms with Gasteiger partial charge < -0.3 is 23.3 Å². The largest absolute Gasteiger partial charge is 0.375 e. The van der Waals surface area contributed by atoms with E-state index in [1.165, 1.54) is 0 Å². The summed E-state index contributed by atoms with van der Waals surface area (Å²) >= 11 is 0. The summed E-state index contributed by atoms with van der Waals surface area (Å²) in [5.74, 6) is 0.876. The van der Waals surface area contributed by atoms with E-state index in [9.17, 15) is 0 Å². The van der Waals surface area contributed by atoms with E-state index in [0.717, 1.165) is 12.2 Å². The van der Waals surface area contributed by atoms with Gasteiger partial charge in [0.05, 0.1) is 26.3 Å². The number of ether oxygens (including phenoxy) is 1. The number of imidazole rings is 1. The van der Waals surface area contributed by atoms with E-state index in [0.29, 0.717) is 19.4 Å². The number of rotatable bonds is 9. The standard InChI is InChI=1S/C14H25N2O4P/c1-4-12-13(6-9-17-12)20-21(18-5-2)19-11(3)10-14-15-7-8-16-14/h7-8,11-13H,4-6,9-10H2,1-3H3,(H,15,16)/t11-,12+,13+,21?/m0/s1/i9T/t9-,11-,12+,13+,21?. The molecule has 1 aliphatic heterocycles. The lowest BCUT2D eigenvalue weighted by Crippen LogP contribution is -2.23. The van der Waals surface area contributed by atoms with Crippen molar-refractivity contribution in [2.75, 3.05) is 13.2 Å². The van der Waals surface area contributed by atoms with Gasteiger partial charge in [0.2, 0.25) is 0 Å². The van der Waals surface area contributed by atoms with Crippen molar-refractivity contribution < 1.29 is 19.7 Å². The van der Waals surface area contributed by atoms with Crippen LogP contribution in [0.1, 0.15) is 40.8 Å². The maximum atomic E-state index is 7.73. The molecule has 0 saturated carbocycles. The molecular weight excluding hydrogens is 291 g/mol. The molecule has 0 spiro atoms. The van der Waals surface area contributed by atoms with Gasteiger partial charge in [0.1, 0.15) is 5.82 Å². The van der Waals surface area contributed by atoms with Crippen LogP contribution in [0.5, 0.6) is 0 Å². The first-order valence-electron chi connectivity index (χ1n) is 8.02. The van der Waals surface area contributed by atoms with E-state index in [-0.39, 0.29) is 18.3 Å². The van der Waals surface area contributed by atoms with E-state index in [1.54, 1.807) is 12.4 Å². The molecule has 21 heavy (non-hydrogen) atoms. The number of hydrogen-bond acceptors (Lipinski definition) is 5. The second-order valence-corrected chi connectivity index (χ2v) is 6.05. The summed E-state index contributed by atoms with van der Waals surface area (Å²) in [7, 11) is -1.45. The van der Waals surface area contributed by atoms with E-state index in [2.05, 4.69) is 9.97 Å². The molecule has 6 nitrogen and oxygen atoms in total. The lowest BCUT2D eigenvalue weighted by Gasteiger charge is -2.24. The van der Waals surface area contributed by atoms with Gasteiger partial charge in [-0.3, -0.25) is 0 Å². The molecule has 2 rings (SSSR count). The van der Waals surface area contributed by atoms with Crippen molar-refractivity contribution >= 4 is 8.60 Å². The van der Waals surface area contributed by atoms with Crippen LogP contribution in [0, 0.1) is 0 Å². The Morgan fingerprint density at radius 1 is 1.62 bits per heavy atom. The molecular formula is C14H25N2O4P. The number of H-pyrrole nitrogens is 1. The van der Waals surface area contributed by atoms with Crippen molar-refractivity contribution in [2.24, 2.45) is 0 Å². The van der Waals surface area contributed by atoms with Gasteiger partial charge in [-0.1, -0.05) is 6.92 Å². The molecule has 0 amide bonds. The summed E-state index contributed by atoms with van der Waals surface area (Å²) in [5, 5.41) is 0. The fraction of sp³-hybridized carbons (Fsp3) is 0.786. The first-order chi connectivity index (χ1) is 10.6. The van der Waals surface area contributed by atoms with E-state index < -0.39 is 15.2 Å². The summed E-state index contributed by atoms with van der Waals surface area (Å²) in [6.45, 7) is 5.91. The van der Waals surface area contributed by atoms with Crippen molar-refractivity contribution in [3.63, 3.8) is 0 Å². The number of aromatic amines is 1. The summed E-state index contributed by atoms with van der Waals surface area (Å²) in [6, 6.07) is 0. The van der Waals surface area contributed by atoms with Gasteiger partial charge in [-0.2, -0.15) is 0 Å². The topological polar surface area (TPSA) is 65.6 Å². The normalized spacial score (nSPS) is 29.3. The number of hydrogen-bond donors (Lipinski definition) is 1. The van der Waals surface area contributed by atoms with Gasteiger partial charge in [-0.25, -0.2) is 4.98 Å². The fourth-order valence-electron chi connectivity index (χ4n) is 2.15. The van der Waals surface area contributed by atoms with Crippen molar-refractivity contribution in [2.45, 2.75) is 58.3 Å². The molecule has 1 aromatic heterocycles. The molecule has 1 N–H and O–H groups in total. The molecule has 1 aromatic rings. The first-order valence-corrected chi connectivity index (χ1v) is 8.54. The van der Waals surface area contributed by atoms with Crippen LogP contribution in [0.2, 0.25) is 0 Å². The Morgan fingerprint density at radius 3 is 3.14 bits per heavy atom. The van der Waals surface area contributed by atoms with Gasteiger partial charge in [0, 0.05) is 31.8 Å². The molecule has 120 valence electrons. The maximum absolute atomic E-state index is 7.73. The first kappa shape index (κ1) is 15.4. The van der Waals surface area contributed by atoms with E-state index in [1.807, 2.05) is 20.8 Å². The van der Waals surface area contributed by atoms with Gasteiger partial charge >= 0.3 is 8.60 Å². The van der Waals surface area contributed by atoms with Crippen LogP contribution >= 0.6 is 8.60 Å². The minimum Gasteiger partial charge on any atom is -0.375 e. The number of aromatic nitrogens is 2. The SMILES string of the molecule is [3H][C@H]1C[C@@H](OP(OCC)O[C@@H](C)Cc2ncc[nH]2)[C@@H](CC)O1. The van der Waals surface area contributed by atoms with Crippen LogP contribution in [0.4, 0.5) is 0 Å². The highest BCUT2D eigenvalue weighted by atomic mass is 31.2. The lowest BCUT2D eigenvalue weighted by atomic mass is 10.1. The van der Waals surface area contributed by atoms with E-state index in [4.69, 9.17) is 19.7 Å². The van der Waals surface area contributed by atoms with Crippen molar-refractivity contribution in [3.05, 3.63) is 18.2 Å². The minimum absolute atomic E-state index is 0.0584. The van der Waals surface area contributed by atoms with Crippen LogP contribution in [0.15, 0.2) is 12.4 Å². The maximum Gasteiger partial charge on any atom is 0.333 e. The lowest BCUT2D eigenvalue weighted by molar-refractivity contribution is 0.0314. The van der Waals surface area contributed by atoms with Crippen LogP contribution in [0.25, 0.3) is 0 Å². The van der Waals surface area contributed by atoms with Crippen LogP contribution in [-0.2, 0) is 24.7 Å². The van der Waals surface area contributed by atoms with Crippen molar-refractivity contribution in [1.29, 1.82) is 0 Å². The Labute approximate surface area is 128 Å². The monoisotopic (exact) mass is 318 g/mol. The van der Waals surface area contributed by atoms with E-state index >= 15 is 0 Å². The highest BCUT2D eigenvalue weighted by Crippen LogP contribution is 2.45. The average molecular weight is 318 g/mol. The third kappa shape index (κ3) is 5.31. The van der Waals surface area contributed by atoms with Crippen LogP contribution in [0.3, 0.4) is 0 Å². The fourth-order valence-corrected chi connectivity index (χ4v) is 3.34. The molecule has 2 heterocycles. The molecule has 1 saturated heterocycles. The zero-order valence-electron chi connectivity index (χ0n) is 13.8. The molecule has 5 atom stereocenters. The molecule has 1 fully saturated rings. The van der Waals surface area contributed by atoms with Crippen molar-refractivity contribution in [3.8, 4) is 0 Å². The Morgan fingerprint density at radius 2 is 2.48 bits per heavy atom. The molecule has 0 radical (unpaired) electrons. The molecule has 0 aliphatic carbocycles. The summed E-state index contributed by atoms with van der Waals surface area (Å²) in [5.41, 5.74) is 0. The molecule has 0 aromatic carbocycles. The molecule has 1 unspecified atom stereocenters. The number of nitrogens with one attached hydrogen (secondary N) is 1. The second-order valence-electron chi connectivity index (χ2n) is 4.93. The Hall–Kier alpha value is -0.520. The Bertz CT molecular complexity index is 423. The third-order valence-corrected chi connectivity index (χ3v) is 4.62. The Balaban J connectivity index is 1.86. The number of nitrogens with zero attached hydrogens (tertiary/aromatic N) is 1. The molecule has 0 bridgehead atoms. The summed E-state index contributed by atoms with van der Waals surface area (Å²) < 4.78 is 30.7. The highest BCUT2D eigenvalue weighted by Gasteiger charge is 2.32. The third-order valence-electron chi connectivity index (χ3n) is 3.17. The zero-order chi connectivity index (χ0) is 15.9. The smallest absolute Gasteiger partial charge is 0.333 e. The van der Waals surface area contributed by atoms with Crippen molar-refractivity contribution in [1.82, 2.24) is 9.97 Å². The van der Waals surface area contributed by atoms with Crippen LogP contribution < -0.4 is 0 Å². The zero-order valence-corrected chi connectivity index (χ0v) is 13.7. The summed E-state index contributed by atoms with van der Waals surface area (Å²) in [4.78, 5) is 7.25.